The van der Waals surface area contributed by atoms with Gasteiger partial charge in [-0.15, -0.1) is 0 Å². The molecule has 1 N–H and O–H groups in total. The summed E-state index contributed by atoms with van der Waals surface area (Å²) in [6, 6.07) is 7.91. The van der Waals surface area contributed by atoms with Gasteiger partial charge in [0.2, 0.25) is 0 Å². The average molecular weight is 270 g/mol. The van der Waals surface area contributed by atoms with Gasteiger partial charge >= 0.3 is 0 Å². The summed E-state index contributed by atoms with van der Waals surface area (Å²) in [5, 5.41) is 3.94. The van der Waals surface area contributed by atoms with E-state index in [2.05, 4.69) is 17.2 Å². The van der Waals surface area contributed by atoms with Crippen molar-refractivity contribution in [3.8, 4) is 0 Å². The molecular weight excluding hydrogens is 248 g/mol. The fourth-order valence-corrected chi connectivity index (χ4v) is 2.33. The Balaban J connectivity index is 2.27. The first kappa shape index (κ1) is 14.5. The van der Waals surface area contributed by atoms with E-state index in [0.717, 1.165) is 53.5 Å². The number of aromatic nitrogens is 1. The first-order valence-electron chi connectivity index (χ1n) is 7.28. The average Bonchev–Trinajstić information content (AvgIpc) is 2.43. The van der Waals surface area contributed by atoms with E-state index in [1.165, 1.54) is 0 Å². The molecule has 1 heterocycles. The number of nitrogens with one attached hydrogen (secondary N) is 1. The van der Waals surface area contributed by atoms with E-state index in [1.54, 1.807) is 0 Å². The molecule has 0 atom stereocenters. The van der Waals surface area contributed by atoms with Gasteiger partial charge in [-0.1, -0.05) is 31.4 Å². The van der Waals surface area contributed by atoms with Gasteiger partial charge in [-0.05, 0) is 38.5 Å². The van der Waals surface area contributed by atoms with Gasteiger partial charge in [0, 0.05) is 17.6 Å². The molecule has 106 valence electrons. The second-order valence-corrected chi connectivity index (χ2v) is 5.29. The van der Waals surface area contributed by atoms with Gasteiger partial charge in [0.25, 0.3) is 5.91 Å². The molecule has 0 saturated carbocycles. The summed E-state index contributed by atoms with van der Waals surface area (Å²) < 4.78 is 0. The number of rotatable bonds is 5. The van der Waals surface area contributed by atoms with Crippen LogP contribution in [-0.2, 0) is 0 Å². The van der Waals surface area contributed by atoms with Gasteiger partial charge in [-0.3, -0.25) is 9.78 Å². The first-order valence-corrected chi connectivity index (χ1v) is 7.28. The minimum absolute atomic E-state index is 0.00204. The molecule has 0 aliphatic rings. The summed E-state index contributed by atoms with van der Waals surface area (Å²) in [5.74, 6) is 0.00204. The topological polar surface area (TPSA) is 42.0 Å². The lowest BCUT2D eigenvalue weighted by Gasteiger charge is -2.09. The van der Waals surface area contributed by atoms with E-state index >= 15 is 0 Å². The van der Waals surface area contributed by atoms with Crippen LogP contribution in [0.1, 0.15) is 47.8 Å². The number of hydrogen-bond acceptors (Lipinski definition) is 2. The number of carbonyl (C=O) groups excluding carboxylic acids is 1. The van der Waals surface area contributed by atoms with Crippen LogP contribution >= 0.6 is 0 Å². The Labute approximate surface area is 120 Å². The lowest BCUT2D eigenvalue weighted by molar-refractivity contribution is 0.0954. The third-order valence-corrected chi connectivity index (χ3v) is 3.40. The van der Waals surface area contributed by atoms with E-state index in [1.807, 2.05) is 38.1 Å². The number of pyridine rings is 1. The van der Waals surface area contributed by atoms with E-state index < -0.39 is 0 Å². The Morgan fingerprint density at radius 2 is 2.00 bits per heavy atom. The summed E-state index contributed by atoms with van der Waals surface area (Å²) in [4.78, 5) is 16.8. The lowest BCUT2D eigenvalue weighted by Crippen LogP contribution is -2.24. The van der Waals surface area contributed by atoms with Gasteiger partial charge in [0.15, 0.2) is 0 Å². The second-order valence-electron chi connectivity index (χ2n) is 5.29. The van der Waals surface area contributed by atoms with Crippen LogP contribution in [0.15, 0.2) is 24.3 Å². The molecule has 0 radical (unpaired) electrons. The van der Waals surface area contributed by atoms with Gasteiger partial charge in [-0.2, -0.15) is 0 Å². The zero-order chi connectivity index (χ0) is 14.5. The highest BCUT2D eigenvalue weighted by Crippen LogP contribution is 2.20. The van der Waals surface area contributed by atoms with Crippen LogP contribution in [0.3, 0.4) is 0 Å². The molecule has 0 spiro atoms. The Bertz CT molecular complexity index is 620. The normalized spacial score (nSPS) is 10.8. The SMILES string of the molecule is CCCCCNC(=O)c1cc(C)nc2ccc(C)cc12. The van der Waals surface area contributed by atoms with Crippen LogP contribution in [0, 0.1) is 13.8 Å². The van der Waals surface area contributed by atoms with Crippen LogP contribution < -0.4 is 5.32 Å². The predicted octanol–water partition coefficient (Wildman–Crippen LogP) is 3.77. The minimum atomic E-state index is 0.00204. The fourth-order valence-electron chi connectivity index (χ4n) is 2.33. The smallest absolute Gasteiger partial charge is 0.252 e. The number of hydrogen-bond donors (Lipinski definition) is 1. The molecule has 3 heteroatoms. The molecular formula is C17H22N2O. The van der Waals surface area contributed by atoms with Gasteiger partial charge in [-0.25, -0.2) is 0 Å². The standard InChI is InChI=1S/C17H22N2O/c1-4-5-6-9-18-17(20)15-11-13(3)19-16-8-7-12(2)10-14(15)16/h7-8,10-11H,4-6,9H2,1-3H3,(H,18,20). The Kier molecular flexibility index (Phi) is 4.72. The third kappa shape index (κ3) is 3.35. The van der Waals surface area contributed by atoms with Crippen LogP contribution in [0.25, 0.3) is 10.9 Å². The van der Waals surface area contributed by atoms with Gasteiger partial charge in [0.1, 0.15) is 0 Å². The van der Waals surface area contributed by atoms with Crippen LogP contribution in [0.4, 0.5) is 0 Å². The number of nitrogens with zero attached hydrogens (tertiary/aromatic N) is 1. The molecule has 1 amide bonds. The number of fused-ring (bicyclic) bond motifs is 1. The first-order chi connectivity index (χ1) is 9.61. The largest absolute Gasteiger partial charge is 0.352 e. The lowest BCUT2D eigenvalue weighted by atomic mass is 10.0. The zero-order valence-corrected chi connectivity index (χ0v) is 12.5. The van der Waals surface area contributed by atoms with Crippen molar-refractivity contribution in [2.75, 3.05) is 6.54 Å². The van der Waals surface area contributed by atoms with Crippen molar-refractivity contribution in [1.82, 2.24) is 10.3 Å². The molecule has 20 heavy (non-hydrogen) atoms. The maximum atomic E-state index is 12.3. The number of aryl methyl sites for hydroxylation is 2. The summed E-state index contributed by atoms with van der Waals surface area (Å²) in [6.07, 6.45) is 3.34. The number of amides is 1. The number of benzene rings is 1. The fraction of sp³-hybridized carbons (Fsp3) is 0.412. The van der Waals surface area contributed by atoms with Crippen LogP contribution in [0.5, 0.6) is 0 Å². The molecule has 1 aromatic heterocycles. The Morgan fingerprint density at radius 3 is 2.75 bits per heavy atom. The predicted molar refractivity (Wildman–Crippen MR) is 83.1 cm³/mol. The third-order valence-electron chi connectivity index (χ3n) is 3.40. The molecule has 1 aromatic carbocycles. The van der Waals surface area contributed by atoms with E-state index in [4.69, 9.17) is 0 Å². The Morgan fingerprint density at radius 1 is 1.20 bits per heavy atom. The molecule has 3 nitrogen and oxygen atoms in total. The van der Waals surface area contributed by atoms with E-state index in [0.29, 0.717) is 0 Å². The van der Waals surface area contributed by atoms with Crippen molar-refractivity contribution >= 4 is 16.8 Å². The zero-order valence-electron chi connectivity index (χ0n) is 12.5. The van der Waals surface area contributed by atoms with Gasteiger partial charge < -0.3 is 5.32 Å². The maximum Gasteiger partial charge on any atom is 0.252 e. The molecule has 0 fully saturated rings. The van der Waals surface area contributed by atoms with Gasteiger partial charge in [0.05, 0.1) is 11.1 Å². The van der Waals surface area contributed by atoms with Crippen molar-refractivity contribution in [2.45, 2.75) is 40.0 Å². The summed E-state index contributed by atoms with van der Waals surface area (Å²) in [5.41, 5.74) is 3.63. The number of unbranched alkanes of at least 4 members (excludes halogenated alkanes) is 2. The second kappa shape index (κ2) is 6.51. The molecule has 0 saturated heterocycles. The maximum absolute atomic E-state index is 12.3. The molecule has 0 unspecified atom stereocenters. The Hall–Kier alpha value is -1.90. The highest BCUT2D eigenvalue weighted by Gasteiger charge is 2.11. The quantitative estimate of drug-likeness (QED) is 0.840. The highest BCUT2D eigenvalue weighted by molar-refractivity contribution is 6.06. The van der Waals surface area contributed by atoms with Crippen molar-refractivity contribution in [2.24, 2.45) is 0 Å². The van der Waals surface area contributed by atoms with E-state index in [9.17, 15) is 4.79 Å². The van der Waals surface area contributed by atoms with Crippen molar-refractivity contribution in [3.63, 3.8) is 0 Å². The summed E-state index contributed by atoms with van der Waals surface area (Å²) in [7, 11) is 0. The highest BCUT2D eigenvalue weighted by atomic mass is 16.1. The minimum Gasteiger partial charge on any atom is -0.352 e. The summed E-state index contributed by atoms with van der Waals surface area (Å²) in [6.45, 7) is 6.85. The monoisotopic (exact) mass is 270 g/mol. The number of carbonyl (C=O) groups is 1. The molecule has 0 aliphatic carbocycles. The van der Waals surface area contributed by atoms with Crippen molar-refractivity contribution in [3.05, 3.63) is 41.1 Å². The van der Waals surface area contributed by atoms with Crippen molar-refractivity contribution in [1.29, 1.82) is 0 Å². The summed E-state index contributed by atoms with van der Waals surface area (Å²) >= 11 is 0. The molecule has 2 aromatic rings. The van der Waals surface area contributed by atoms with Crippen LogP contribution in [0.2, 0.25) is 0 Å². The van der Waals surface area contributed by atoms with Crippen LogP contribution in [-0.4, -0.2) is 17.4 Å². The van der Waals surface area contributed by atoms with Crippen molar-refractivity contribution < 1.29 is 4.79 Å². The molecule has 2 rings (SSSR count). The van der Waals surface area contributed by atoms with E-state index in [-0.39, 0.29) is 5.91 Å². The molecule has 0 aliphatic heterocycles. The molecule has 0 bridgehead atoms.